The summed E-state index contributed by atoms with van der Waals surface area (Å²) >= 11 is 0. The second-order valence-corrected chi connectivity index (χ2v) is 6.50. The number of nitrogens with zero attached hydrogens (tertiary/aromatic N) is 1. The maximum absolute atomic E-state index is 12.5. The van der Waals surface area contributed by atoms with Crippen molar-refractivity contribution in [3.05, 3.63) is 52.1 Å². The summed E-state index contributed by atoms with van der Waals surface area (Å²) in [6.45, 7) is 1.68. The Hall–Kier alpha value is -2.81. The molecule has 0 unspecified atom stereocenters. The largest absolute Gasteiger partial charge is 0.493 e. The highest BCUT2D eigenvalue weighted by Gasteiger charge is 2.26. The van der Waals surface area contributed by atoms with Crippen LogP contribution < -0.4 is 14.2 Å². The molecule has 24 heavy (non-hydrogen) atoms. The van der Waals surface area contributed by atoms with E-state index < -0.39 is 25.5 Å². The van der Waals surface area contributed by atoms with Gasteiger partial charge in [0.05, 0.1) is 24.8 Å². The zero-order valence-electron chi connectivity index (χ0n) is 13.3. The molecular formula is C15H16N2O6S. The lowest BCUT2D eigenvalue weighted by Crippen LogP contribution is -2.15. The smallest absolute Gasteiger partial charge is 0.289 e. The summed E-state index contributed by atoms with van der Waals surface area (Å²) in [5.41, 5.74) is 0.323. The average Bonchev–Trinajstić information content (AvgIpc) is 2.56. The van der Waals surface area contributed by atoms with Crippen LogP contribution in [0.3, 0.4) is 0 Å². The van der Waals surface area contributed by atoms with E-state index in [0.29, 0.717) is 17.1 Å². The number of nitrogens with one attached hydrogen (secondary N) is 1. The minimum Gasteiger partial charge on any atom is -0.493 e. The molecule has 0 saturated heterocycles. The fourth-order valence-corrected chi connectivity index (χ4v) is 3.42. The van der Waals surface area contributed by atoms with Gasteiger partial charge in [0.1, 0.15) is 0 Å². The zero-order valence-corrected chi connectivity index (χ0v) is 14.1. The van der Waals surface area contributed by atoms with Crippen LogP contribution in [0.5, 0.6) is 11.5 Å². The number of benzene rings is 2. The van der Waals surface area contributed by atoms with Gasteiger partial charge in [-0.2, -0.15) is 0 Å². The van der Waals surface area contributed by atoms with Crippen LogP contribution in [0.2, 0.25) is 0 Å². The minimum atomic E-state index is -4.14. The van der Waals surface area contributed by atoms with Gasteiger partial charge in [-0.05, 0) is 24.6 Å². The predicted octanol–water partition coefficient (Wildman–Crippen LogP) is 2.72. The van der Waals surface area contributed by atoms with Crippen LogP contribution in [0.1, 0.15) is 5.56 Å². The number of aryl methyl sites for hydroxylation is 1. The maximum Gasteiger partial charge on any atom is 0.289 e. The van der Waals surface area contributed by atoms with Gasteiger partial charge < -0.3 is 9.47 Å². The molecule has 1 N–H and O–H groups in total. The lowest BCUT2D eigenvalue weighted by molar-refractivity contribution is -0.387. The van der Waals surface area contributed by atoms with Crippen molar-refractivity contribution in [2.75, 3.05) is 18.9 Å². The van der Waals surface area contributed by atoms with Crippen LogP contribution >= 0.6 is 0 Å². The molecule has 0 fully saturated rings. The van der Waals surface area contributed by atoms with Crippen LogP contribution in [-0.4, -0.2) is 27.6 Å². The summed E-state index contributed by atoms with van der Waals surface area (Å²) in [7, 11) is -1.25. The van der Waals surface area contributed by atoms with E-state index in [1.165, 1.54) is 38.5 Å². The van der Waals surface area contributed by atoms with Crippen molar-refractivity contribution < 1.29 is 22.8 Å². The van der Waals surface area contributed by atoms with E-state index in [1.54, 1.807) is 13.0 Å². The minimum absolute atomic E-state index is 0.241. The molecule has 0 amide bonds. The Kier molecular flexibility index (Phi) is 4.93. The van der Waals surface area contributed by atoms with Gasteiger partial charge in [-0.25, -0.2) is 8.42 Å². The van der Waals surface area contributed by atoms with Crippen molar-refractivity contribution in [3.63, 3.8) is 0 Å². The molecule has 2 aromatic rings. The molecule has 0 heterocycles. The van der Waals surface area contributed by atoms with Crippen LogP contribution in [0.4, 0.5) is 11.4 Å². The van der Waals surface area contributed by atoms with Gasteiger partial charge in [0.2, 0.25) is 0 Å². The van der Waals surface area contributed by atoms with Crippen molar-refractivity contribution in [1.29, 1.82) is 0 Å². The Balaban J connectivity index is 2.49. The third-order valence-electron chi connectivity index (χ3n) is 3.33. The Bertz CT molecular complexity index is 880. The Morgan fingerprint density at radius 2 is 1.67 bits per heavy atom. The number of para-hydroxylation sites is 1. The van der Waals surface area contributed by atoms with Crippen molar-refractivity contribution in [2.24, 2.45) is 0 Å². The maximum atomic E-state index is 12.5. The number of nitro benzene ring substituents is 1. The summed E-state index contributed by atoms with van der Waals surface area (Å²) in [4.78, 5) is 9.90. The van der Waals surface area contributed by atoms with Crippen LogP contribution in [0.15, 0.2) is 41.3 Å². The van der Waals surface area contributed by atoms with Gasteiger partial charge in [0.15, 0.2) is 16.4 Å². The van der Waals surface area contributed by atoms with Gasteiger partial charge in [-0.1, -0.05) is 12.1 Å². The number of hydrogen-bond donors (Lipinski definition) is 1. The van der Waals surface area contributed by atoms with Gasteiger partial charge >= 0.3 is 0 Å². The highest BCUT2D eigenvalue weighted by Crippen LogP contribution is 2.34. The quantitative estimate of drug-likeness (QED) is 0.632. The SMILES string of the molecule is COc1cc(C)c(NS(=O)(=O)c2ccccc2[N+](=O)[O-])cc1OC. The fourth-order valence-electron chi connectivity index (χ4n) is 2.13. The topological polar surface area (TPSA) is 108 Å². The molecular weight excluding hydrogens is 336 g/mol. The zero-order chi connectivity index (χ0) is 17.9. The van der Waals surface area contributed by atoms with E-state index in [-0.39, 0.29) is 5.69 Å². The average molecular weight is 352 g/mol. The Morgan fingerprint density at radius 3 is 2.25 bits per heavy atom. The Labute approximate surface area is 139 Å². The van der Waals surface area contributed by atoms with Gasteiger partial charge in [-0.15, -0.1) is 0 Å². The van der Waals surface area contributed by atoms with E-state index in [2.05, 4.69) is 4.72 Å². The molecule has 0 aromatic heterocycles. The molecule has 128 valence electrons. The van der Waals surface area contributed by atoms with Crippen LogP contribution in [0.25, 0.3) is 0 Å². The molecule has 0 radical (unpaired) electrons. The van der Waals surface area contributed by atoms with Gasteiger partial charge in [0, 0.05) is 12.1 Å². The second-order valence-electron chi connectivity index (χ2n) is 4.85. The highest BCUT2D eigenvalue weighted by atomic mass is 32.2. The standard InChI is InChI=1S/C15H16N2O6S/c1-10-8-13(22-2)14(23-3)9-11(10)16-24(20,21)15-7-5-4-6-12(15)17(18)19/h4-9,16H,1-3H3. The van der Waals surface area contributed by atoms with Crippen LogP contribution in [-0.2, 0) is 10.0 Å². The van der Waals surface area contributed by atoms with Crippen molar-refractivity contribution in [2.45, 2.75) is 11.8 Å². The molecule has 8 nitrogen and oxygen atoms in total. The Morgan fingerprint density at radius 1 is 1.08 bits per heavy atom. The van der Waals surface area contributed by atoms with Gasteiger partial charge in [0.25, 0.3) is 15.7 Å². The second kappa shape index (κ2) is 6.75. The fraction of sp³-hybridized carbons (Fsp3) is 0.200. The third-order valence-corrected chi connectivity index (χ3v) is 4.74. The van der Waals surface area contributed by atoms with E-state index in [1.807, 2.05) is 0 Å². The number of rotatable bonds is 6. The van der Waals surface area contributed by atoms with Crippen molar-refractivity contribution >= 4 is 21.4 Å². The lowest BCUT2D eigenvalue weighted by atomic mass is 10.2. The molecule has 9 heteroatoms. The summed E-state index contributed by atoms with van der Waals surface area (Å²) < 4.78 is 37.7. The monoisotopic (exact) mass is 352 g/mol. The first-order valence-electron chi connectivity index (χ1n) is 6.79. The summed E-state index contributed by atoms with van der Waals surface area (Å²) in [5, 5.41) is 11.0. The molecule has 0 saturated carbocycles. The predicted molar refractivity (Wildman–Crippen MR) is 88.2 cm³/mol. The molecule has 0 bridgehead atoms. The molecule has 0 aliphatic carbocycles. The number of hydrogen-bond acceptors (Lipinski definition) is 6. The number of methoxy groups -OCH3 is 2. The number of nitro groups is 1. The van der Waals surface area contributed by atoms with Crippen molar-refractivity contribution in [3.8, 4) is 11.5 Å². The number of anilines is 1. The number of ether oxygens (including phenoxy) is 2. The summed E-state index contributed by atoms with van der Waals surface area (Å²) in [6.07, 6.45) is 0. The molecule has 2 aromatic carbocycles. The lowest BCUT2D eigenvalue weighted by Gasteiger charge is -2.14. The highest BCUT2D eigenvalue weighted by molar-refractivity contribution is 7.92. The first-order valence-corrected chi connectivity index (χ1v) is 8.27. The molecule has 0 atom stereocenters. The normalized spacial score (nSPS) is 11.0. The van der Waals surface area contributed by atoms with E-state index in [9.17, 15) is 18.5 Å². The van der Waals surface area contributed by atoms with E-state index in [4.69, 9.17) is 9.47 Å². The first-order chi connectivity index (χ1) is 11.3. The molecule has 0 aliphatic rings. The van der Waals surface area contributed by atoms with Crippen molar-refractivity contribution in [1.82, 2.24) is 0 Å². The third kappa shape index (κ3) is 3.40. The summed E-state index contributed by atoms with van der Waals surface area (Å²) in [6, 6.07) is 8.20. The van der Waals surface area contributed by atoms with Crippen LogP contribution in [0, 0.1) is 17.0 Å². The van der Waals surface area contributed by atoms with E-state index in [0.717, 1.165) is 6.07 Å². The summed E-state index contributed by atoms with van der Waals surface area (Å²) in [5.74, 6) is 0.784. The molecule has 0 aliphatic heterocycles. The van der Waals surface area contributed by atoms with Gasteiger partial charge in [-0.3, -0.25) is 14.8 Å². The first kappa shape index (κ1) is 17.5. The molecule has 2 rings (SSSR count). The van der Waals surface area contributed by atoms with E-state index >= 15 is 0 Å². The number of sulfonamides is 1. The molecule has 0 spiro atoms.